The lowest BCUT2D eigenvalue weighted by Gasteiger charge is -2.36. The van der Waals surface area contributed by atoms with E-state index in [1.54, 1.807) is 7.11 Å². The molecule has 1 aliphatic heterocycles. The van der Waals surface area contributed by atoms with E-state index in [1.165, 1.54) is 6.42 Å². The molecule has 26 heavy (non-hydrogen) atoms. The van der Waals surface area contributed by atoms with Crippen molar-refractivity contribution in [2.45, 2.75) is 32.7 Å². The molecular formula is C22H28N2O2. The number of anilines is 1. The highest BCUT2D eigenvalue weighted by molar-refractivity contribution is 5.96. The number of ether oxygens (including phenoxy) is 1. The largest absolute Gasteiger partial charge is 0.495 e. The van der Waals surface area contributed by atoms with Gasteiger partial charge >= 0.3 is 0 Å². The molecule has 0 radical (unpaired) electrons. The molecule has 1 N–H and O–H groups in total. The average Bonchev–Trinajstić information content (AvgIpc) is 2.63. The van der Waals surface area contributed by atoms with Crippen molar-refractivity contribution in [3.63, 3.8) is 0 Å². The fourth-order valence-electron chi connectivity index (χ4n) is 3.74. The zero-order chi connectivity index (χ0) is 18.5. The molecule has 0 saturated carbocycles. The molecule has 0 bridgehead atoms. The zero-order valence-corrected chi connectivity index (χ0v) is 15.9. The van der Waals surface area contributed by atoms with Gasteiger partial charge < -0.3 is 10.1 Å². The molecule has 1 amide bonds. The Morgan fingerprint density at radius 3 is 2.69 bits per heavy atom. The van der Waals surface area contributed by atoms with Crippen molar-refractivity contribution in [2.75, 3.05) is 25.5 Å². The van der Waals surface area contributed by atoms with Crippen LogP contribution in [0.4, 0.5) is 5.69 Å². The molecule has 2 aromatic carbocycles. The number of hydrogen-bond donors (Lipinski definition) is 1. The maximum atomic E-state index is 13.3. The van der Waals surface area contributed by atoms with Crippen LogP contribution in [0.1, 0.15) is 36.9 Å². The Balaban J connectivity index is 1.89. The number of nitrogens with one attached hydrogen (secondary N) is 1. The molecule has 2 atom stereocenters. The summed E-state index contributed by atoms with van der Waals surface area (Å²) in [4.78, 5) is 15.6. The molecule has 4 nitrogen and oxygen atoms in total. The number of nitrogens with zero attached hydrogens (tertiary/aromatic N) is 1. The molecule has 0 spiro atoms. The normalized spacial score (nSPS) is 19.0. The van der Waals surface area contributed by atoms with Crippen molar-refractivity contribution in [3.8, 4) is 5.75 Å². The van der Waals surface area contributed by atoms with Gasteiger partial charge in [-0.2, -0.15) is 0 Å². The van der Waals surface area contributed by atoms with E-state index in [-0.39, 0.29) is 11.9 Å². The summed E-state index contributed by atoms with van der Waals surface area (Å²) < 4.78 is 5.42. The third-order valence-electron chi connectivity index (χ3n) is 5.03. The average molecular weight is 352 g/mol. The molecule has 1 aliphatic rings. The minimum Gasteiger partial charge on any atom is -0.495 e. The first-order valence-electron chi connectivity index (χ1n) is 9.33. The molecule has 4 heteroatoms. The SMILES string of the molecule is COc1ccc(C)cc1NC(=O)[C@H](c1ccccc1)N1CCC[C@H](C)C1. The van der Waals surface area contributed by atoms with Gasteiger partial charge in [0.25, 0.3) is 0 Å². The van der Waals surface area contributed by atoms with E-state index in [4.69, 9.17) is 4.74 Å². The lowest BCUT2D eigenvalue weighted by atomic mass is 9.95. The Bertz CT molecular complexity index is 745. The number of likely N-dealkylation sites (tertiary alicyclic amines) is 1. The summed E-state index contributed by atoms with van der Waals surface area (Å²) in [6.07, 6.45) is 2.36. The predicted molar refractivity (Wildman–Crippen MR) is 106 cm³/mol. The van der Waals surface area contributed by atoms with Crippen molar-refractivity contribution in [2.24, 2.45) is 5.92 Å². The van der Waals surface area contributed by atoms with Crippen molar-refractivity contribution < 1.29 is 9.53 Å². The summed E-state index contributed by atoms with van der Waals surface area (Å²) >= 11 is 0. The van der Waals surface area contributed by atoms with E-state index >= 15 is 0 Å². The highest BCUT2D eigenvalue weighted by atomic mass is 16.5. The minimum atomic E-state index is -0.288. The molecule has 3 rings (SSSR count). The molecule has 0 aliphatic carbocycles. The van der Waals surface area contributed by atoms with Gasteiger partial charge in [-0.05, 0) is 55.5 Å². The van der Waals surface area contributed by atoms with Crippen LogP contribution in [-0.2, 0) is 4.79 Å². The van der Waals surface area contributed by atoms with Crippen LogP contribution < -0.4 is 10.1 Å². The number of aryl methyl sites for hydroxylation is 1. The first-order valence-corrected chi connectivity index (χ1v) is 9.33. The number of methoxy groups -OCH3 is 1. The Kier molecular flexibility index (Phi) is 5.94. The van der Waals surface area contributed by atoms with Crippen LogP contribution in [0.3, 0.4) is 0 Å². The third kappa shape index (κ3) is 4.25. The second kappa shape index (κ2) is 8.37. The Labute approximate surface area is 156 Å². The molecular weight excluding hydrogens is 324 g/mol. The highest BCUT2D eigenvalue weighted by Crippen LogP contribution is 2.30. The number of carbonyl (C=O) groups excluding carboxylic acids is 1. The van der Waals surface area contributed by atoms with Crippen LogP contribution in [0.25, 0.3) is 0 Å². The van der Waals surface area contributed by atoms with Crippen LogP contribution in [0.5, 0.6) is 5.75 Å². The first kappa shape index (κ1) is 18.5. The lowest BCUT2D eigenvalue weighted by molar-refractivity contribution is -0.122. The summed E-state index contributed by atoms with van der Waals surface area (Å²) in [5.74, 6) is 1.29. The number of hydrogen-bond acceptors (Lipinski definition) is 3. The summed E-state index contributed by atoms with van der Waals surface area (Å²) in [6.45, 7) is 6.16. The van der Waals surface area contributed by atoms with Crippen LogP contribution in [0.15, 0.2) is 48.5 Å². The molecule has 2 aromatic rings. The predicted octanol–water partition coefficient (Wildman–Crippen LogP) is 4.42. The van der Waals surface area contributed by atoms with Crippen molar-refractivity contribution in [3.05, 3.63) is 59.7 Å². The van der Waals surface area contributed by atoms with E-state index in [2.05, 4.69) is 17.1 Å². The minimum absolute atomic E-state index is 0.00537. The molecule has 0 aromatic heterocycles. The standard InChI is InChI=1S/C22H28N2O2/c1-16-11-12-20(26-3)19(14-16)23-22(25)21(18-9-5-4-6-10-18)24-13-7-8-17(2)15-24/h4-6,9-12,14,17,21H,7-8,13,15H2,1-3H3,(H,23,25)/t17-,21-/m0/s1. The summed E-state index contributed by atoms with van der Waals surface area (Å²) in [6, 6.07) is 15.6. The summed E-state index contributed by atoms with van der Waals surface area (Å²) in [7, 11) is 1.63. The van der Waals surface area contributed by atoms with Crippen molar-refractivity contribution in [1.82, 2.24) is 4.90 Å². The summed E-state index contributed by atoms with van der Waals surface area (Å²) in [5.41, 5.74) is 2.85. The zero-order valence-electron chi connectivity index (χ0n) is 15.9. The monoisotopic (exact) mass is 352 g/mol. The van der Waals surface area contributed by atoms with Gasteiger partial charge in [-0.1, -0.05) is 43.3 Å². The van der Waals surface area contributed by atoms with Gasteiger partial charge in [0, 0.05) is 6.54 Å². The fraction of sp³-hybridized carbons (Fsp3) is 0.409. The van der Waals surface area contributed by atoms with E-state index in [9.17, 15) is 4.79 Å². The third-order valence-corrected chi connectivity index (χ3v) is 5.03. The Morgan fingerprint density at radius 2 is 2.00 bits per heavy atom. The molecule has 1 heterocycles. The van der Waals surface area contributed by atoms with Gasteiger partial charge in [0.05, 0.1) is 12.8 Å². The topological polar surface area (TPSA) is 41.6 Å². The second-order valence-corrected chi connectivity index (χ2v) is 7.25. The molecule has 0 unspecified atom stereocenters. The quantitative estimate of drug-likeness (QED) is 0.866. The fourth-order valence-corrected chi connectivity index (χ4v) is 3.74. The lowest BCUT2D eigenvalue weighted by Crippen LogP contribution is -2.42. The van der Waals surface area contributed by atoms with Crippen LogP contribution in [0.2, 0.25) is 0 Å². The highest BCUT2D eigenvalue weighted by Gasteiger charge is 2.31. The Morgan fingerprint density at radius 1 is 1.23 bits per heavy atom. The number of amides is 1. The van der Waals surface area contributed by atoms with Gasteiger partial charge in [-0.25, -0.2) is 0 Å². The Hall–Kier alpha value is -2.33. The maximum Gasteiger partial charge on any atom is 0.246 e. The molecule has 138 valence electrons. The van der Waals surface area contributed by atoms with Crippen molar-refractivity contribution >= 4 is 11.6 Å². The van der Waals surface area contributed by atoms with E-state index < -0.39 is 0 Å². The van der Waals surface area contributed by atoms with Gasteiger partial charge in [0.1, 0.15) is 11.8 Å². The molecule has 1 saturated heterocycles. The van der Waals surface area contributed by atoms with Gasteiger partial charge in [-0.15, -0.1) is 0 Å². The second-order valence-electron chi connectivity index (χ2n) is 7.25. The van der Waals surface area contributed by atoms with Crippen LogP contribution >= 0.6 is 0 Å². The smallest absolute Gasteiger partial charge is 0.246 e. The maximum absolute atomic E-state index is 13.3. The van der Waals surface area contributed by atoms with E-state index in [0.717, 1.165) is 36.3 Å². The van der Waals surface area contributed by atoms with Gasteiger partial charge in [-0.3, -0.25) is 9.69 Å². The van der Waals surface area contributed by atoms with E-state index in [1.807, 2.05) is 55.5 Å². The number of rotatable bonds is 5. The van der Waals surface area contributed by atoms with Crippen LogP contribution in [0, 0.1) is 12.8 Å². The van der Waals surface area contributed by atoms with Crippen LogP contribution in [-0.4, -0.2) is 31.0 Å². The number of carbonyl (C=O) groups is 1. The van der Waals surface area contributed by atoms with Gasteiger partial charge in [0.2, 0.25) is 5.91 Å². The molecule has 1 fully saturated rings. The summed E-state index contributed by atoms with van der Waals surface area (Å²) in [5, 5.41) is 3.11. The number of benzene rings is 2. The number of piperidine rings is 1. The van der Waals surface area contributed by atoms with E-state index in [0.29, 0.717) is 11.7 Å². The van der Waals surface area contributed by atoms with Gasteiger partial charge in [0.15, 0.2) is 0 Å². The van der Waals surface area contributed by atoms with Crippen molar-refractivity contribution in [1.29, 1.82) is 0 Å². The first-order chi connectivity index (χ1) is 12.6.